The molecule has 0 aliphatic carbocycles. The molecule has 0 heterocycles. The number of hydrogen-bond donors (Lipinski definition) is 1. The van der Waals surface area contributed by atoms with Gasteiger partial charge < -0.3 is 9.90 Å². The first-order valence-corrected chi connectivity index (χ1v) is 8.41. The van der Waals surface area contributed by atoms with Crippen LogP contribution in [0, 0.1) is 0 Å². The van der Waals surface area contributed by atoms with Crippen molar-refractivity contribution in [3.8, 4) is 0 Å². The summed E-state index contributed by atoms with van der Waals surface area (Å²) < 4.78 is 0. The molecule has 0 aromatic heterocycles. The predicted octanol–water partition coefficient (Wildman–Crippen LogP) is 2.78. The summed E-state index contributed by atoms with van der Waals surface area (Å²) in [7, 11) is -0.877. The maximum atomic E-state index is 8.24. The minimum atomic E-state index is -0.877. The van der Waals surface area contributed by atoms with Gasteiger partial charge in [-0.05, 0) is 36.4 Å². The van der Waals surface area contributed by atoms with E-state index in [4.69, 9.17) is 9.90 Å². The van der Waals surface area contributed by atoms with Crippen molar-refractivity contribution in [2.45, 2.75) is 0 Å². The third-order valence-corrected chi connectivity index (χ3v) is 5.92. The third kappa shape index (κ3) is 9.57. The summed E-state index contributed by atoms with van der Waals surface area (Å²) in [6, 6.07) is 32.5. The van der Waals surface area contributed by atoms with E-state index < -0.39 is 7.92 Å². The Kier molecular flexibility index (Phi) is 19.1. The SMILES string of the molecule is O=[C-]O.[Y].[Y].[Y].c1ccc([PH+](c2ccccc2)c2ccccc2)cc1. The van der Waals surface area contributed by atoms with Crippen LogP contribution in [0.3, 0.4) is 0 Å². The van der Waals surface area contributed by atoms with Gasteiger partial charge in [0, 0.05) is 98.1 Å². The van der Waals surface area contributed by atoms with Crippen LogP contribution in [0.15, 0.2) is 91.0 Å². The molecule has 3 aromatic rings. The Bertz CT molecular complexity index is 589. The van der Waals surface area contributed by atoms with Gasteiger partial charge in [0.25, 0.3) is 0 Å². The van der Waals surface area contributed by atoms with Crippen LogP contribution in [-0.2, 0) is 103 Å². The van der Waals surface area contributed by atoms with Gasteiger partial charge in [0.05, 0.1) is 7.92 Å². The molecule has 6 heteroatoms. The zero-order valence-electron chi connectivity index (χ0n) is 13.7. The van der Waals surface area contributed by atoms with Gasteiger partial charge in [0.1, 0.15) is 15.9 Å². The van der Waals surface area contributed by atoms with Gasteiger partial charge in [-0.15, -0.1) is 0 Å². The molecule has 0 atom stereocenters. The zero-order chi connectivity index (χ0) is 15.6. The van der Waals surface area contributed by atoms with E-state index in [1.165, 1.54) is 15.9 Å². The van der Waals surface area contributed by atoms with E-state index >= 15 is 0 Å². The molecule has 3 rings (SSSR count). The molecule has 0 bridgehead atoms. The zero-order valence-corrected chi connectivity index (χ0v) is 23.3. The largest absolute Gasteiger partial charge is 0.665 e. The van der Waals surface area contributed by atoms with Gasteiger partial charge in [-0.2, -0.15) is 0 Å². The van der Waals surface area contributed by atoms with Crippen LogP contribution in [-0.4, -0.2) is 11.6 Å². The molecule has 119 valence electrons. The van der Waals surface area contributed by atoms with Gasteiger partial charge in [0.15, 0.2) is 0 Å². The van der Waals surface area contributed by atoms with Crippen molar-refractivity contribution >= 4 is 30.3 Å². The molecule has 3 radical (unpaired) electrons. The average Bonchev–Trinajstić information content (AvgIpc) is 2.59. The normalized spacial score (nSPS) is 8.52. The minimum absolute atomic E-state index is 0. The fourth-order valence-electron chi connectivity index (χ4n) is 2.31. The quantitative estimate of drug-likeness (QED) is 0.386. The summed E-state index contributed by atoms with van der Waals surface area (Å²) in [5.41, 5.74) is 0. The van der Waals surface area contributed by atoms with E-state index in [9.17, 15) is 0 Å². The van der Waals surface area contributed by atoms with Crippen LogP contribution in [0.25, 0.3) is 0 Å². The maximum absolute atomic E-state index is 8.24. The van der Waals surface area contributed by atoms with Crippen LogP contribution in [0.2, 0.25) is 0 Å². The van der Waals surface area contributed by atoms with E-state index in [0.717, 1.165) is 0 Å². The second kappa shape index (κ2) is 17.0. The molecule has 3 aromatic carbocycles. The van der Waals surface area contributed by atoms with Crippen molar-refractivity contribution in [3.63, 3.8) is 0 Å². The van der Waals surface area contributed by atoms with E-state index in [1.54, 1.807) is 0 Å². The summed E-state index contributed by atoms with van der Waals surface area (Å²) in [4.78, 5) is 8.24. The predicted molar refractivity (Wildman–Crippen MR) is 94.9 cm³/mol. The van der Waals surface area contributed by atoms with Crippen molar-refractivity contribution in [1.82, 2.24) is 0 Å². The van der Waals surface area contributed by atoms with Gasteiger partial charge in [-0.25, -0.2) is 0 Å². The molecule has 2 nitrogen and oxygen atoms in total. The fourth-order valence-corrected chi connectivity index (χ4v) is 4.89. The molecular formula is C19H17O2PY3. The van der Waals surface area contributed by atoms with Gasteiger partial charge in [0.2, 0.25) is 0 Å². The van der Waals surface area contributed by atoms with Crippen molar-refractivity contribution in [1.29, 1.82) is 0 Å². The monoisotopic (exact) mass is 575 g/mol. The molecule has 0 spiro atoms. The smallest absolute Gasteiger partial charge is 0.102 e. The second-order valence-electron chi connectivity index (χ2n) is 4.56. The van der Waals surface area contributed by atoms with Crippen LogP contribution >= 0.6 is 7.92 Å². The molecule has 0 unspecified atom stereocenters. The fraction of sp³-hybridized carbons (Fsp3) is 0. The Labute approximate surface area is 226 Å². The Morgan fingerprint density at radius 3 is 0.960 bits per heavy atom. The molecule has 0 amide bonds. The van der Waals surface area contributed by atoms with Gasteiger partial charge in [-0.1, -0.05) is 61.1 Å². The second-order valence-corrected chi connectivity index (χ2v) is 7.05. The Balaban J connectivity index is 0. The standard InChI is InChI=1S/C18H15P.CHO2.3Y/c1-4-10-16(11-5-1)19(17-12-6-2-7-13-17)18-14-8-3-9-15-18;2-1-3;;;/h1-15H;(H,2,3);;;/q;-1;;;/p+1. The number of aliphatic hydroxyl groups excluding tert-OH is 1. The van der Waals surface area contributed by atoms with Crippen molar-refractivity contribution < 1.29 is 108 Å². The first-order valence-electron chi connectivity index (χ1n) is 6.91. The number of hydrogen-bond acceptors (Lipinski definition) is 1. The van der Waals surface area contributed by atoms with Gasteiger partial charge >= 0.3 is 0 Å². The molecular weight excluding hydrogens is 558 g/mol. The molecule has 0 aliphatic rings. The number of benzene rings is 3. The third-order valence-electron chi connectivity index (χ3n) is 3.19. The summed E-state index contributed by atoms with van der Waals surface area (Å²) >= 11 is 0. The summed E-state index contributed by atoms with van der Waals surface area (Å²) in [5.74, 6) is 0. The molecule has 0 saturated carbocycles. The van der Waals surface area contributed by atoms with Crippen LogP contribution in [0.5, 0.6) is 0 Å². The number of rotatable bonds is 3. The molecule has 0 aliphatic heterocycles. The molecule has 1 N–H and O–H groups in total. The van der Waals surface area contributed by atoms with Crippen molar-refractivity contribution in [2.75, 3.05) is 0 Å². The summed E-state index contributed by atoms with van der Waals surface area (Å²) in [6.45, 7) is 0.500. The first-order chi connectivity index (χ1) is 10.9. The van der Waals surface area contributed by atoms with Crippen LogP contribution in [0.4, 0.5) is 0 Å². The first kappa shape index (κ1) is 28.1. The van der Waals surface area contributed by atoms with Crippen molar-refractivity contribution in [2.24, 2.45) is 0 Å². The van der Waals surface area contributed by atoms with Gasteiger partial charge in [-0.3, -0.25) is 0 Å². The molecule has 0 fully saturated rings. The minimum Gasteiger partial charge on any atom is -0.665 e. The summed E-state index contributed by atoms with van der Waals surface area (Å²) in [5, 5.41) is 11.1. The van der Waals surface area contributed by atoms with Crippen LogP contribution < -0.4 is 15.9 Å². The van der Waals surface area contributed by atoms with E-state index in [0.29, 0.717) is 6.47 Å². The van der Waals surface area contributed by atoms with Crippen molar-refractivity contribution in [3.05, 3.63) is 91.0 Å². The Morgan fingerprint density at radius 1 is 0.560 bits per heavy atom. The Morgan fingerprint density at radius 2 is 0.760 bits per heavy atom. The van der Waals surface area contributed by atoms with E-state index in [1.807, 2.05) is 0 Å². The van der Waals surface area contributed by atoms with E-state index in [2.05, 4.69) is 91.0 Å². The summed E-state index contributed by atoms with van der Waals surface area (Å²) in [6.07, 6.45) is 0. The van der Waals surface area contributed by atoms with E-state index in [-0.39, 0.29) is 98.1 Å². The Hall–Kier alpha value is 0.872. The van der Waals surface area contributed by atoms with Crippen LogP contribution in [0.1, 0.15) is 0 Å². The maximum Gasteiger partial charge on any atom is 0.102 e. The molecule has 0 saturated heterocycles. The topological polar surface area (TPSA) is 37.3 Å². The average molecular weight is 575 g/mol. The molecule has 25 heavy (non-hydrogen) atoms.